The van der Waals surface area contributed by atoms with Crippen molar-refractivity contribution in [2.45, 2.75) is 44.6 Å². The van der Waals surface area contributed by atoms with Crippen LogP contribution in [0.25, 0.3) is 0 Å². The molecule has 2 aromatic rings. The first-order valence-electron chi connectivity index (χ1n) is 9.21. The molecule has 2 N–H and O–H groups in total. The SMILES string of the molecule is O=C(Nc1c(F)cccc1F)c1cccc(C(=O)NC2CCCCCC2)c1. The van der Waals surface area contributed by atoms with Crippen molar-refractivity contribution in [1.82, 2.24) is 5.32 Å². The van der Waals surface area contributed by atoms with Gasteiger partial charge in [0.2, 0.25) is 0 Å². The number of carbonyl (C=O) groups is 2. The molecule has 27 heavy (non-hydrogen) atoms. The van der Waals surface area contributed by atoms with Crippen molar-refractivity contribution >= 4 is 17.5 Å². The van der Waals surface area contributed by atoms with E-state index in [0.717, 1.165) is 37.8 Å². The van der Waals surface area contributed by atoms with E-state index in [4.69, 9.17) is 0 Å². The van der Waals surface area contributed by atoms with Crippen LogP contribution in [0.1, 0.15) is 59.2 Å². The average molecular weight is 372 g/mol. The van der Waals surface area contributed by atoms with E-state index >= 15 is 0 Å². The predicted octanol–water partition coefficient (Wildman–Crippen LogP) is 4.67. The summed E-state index contributed by atoms with van der Waals surface area (Å²) in [4.78, 5) is 24.9. The maximum atomic E-state index is 13.7. The van der Waals surface area contributed by atoms with Crippen molar-refractivity contribution in [3.63, 3.8) is 0 Å². The Balaban J connectivity index is 1.70. The standard InChI is InChI=1S/C21H22F2N2O2/c22-17-11-6-12-18(23)19(17)25-21(27)15-8-5-7-14(13-15)20(26)24-16-9-3-1-2-4-10-16/h5-8,11-13,16H,1-4,9-10H2,(H,24,26)(H,25,27). The van der Waals surface area contributed by atoms with Crippen molar-refractivity contribution in [2.24, 2.45) is 0 Å². The Bertz CT molecular complexity index is 810. The lowest BCUT2D eigenvalue weighted by molar-refractivity contribution is 0.0933. The molecule has 0 saturated heterocycles. The van der Waals surface area contributed by atoms with Crippen molar-refractivity contribution in [3.05, 3.63) is 65.2 Å². The molecule has 0 spiro atoms. The molecule has 2 amide bonds. The maximum absolute atomic E-state index is 13.7. The fraction of sp³-hybridized carbons (Fsp3) is 0.333. The quantitative estimate of drug-likeness (QED) is 0.767. The molecule has 1 aliphatic carbocycles. The fourth-order valence-corrected chi connectivity index (χ4v) is 3.30. The van der Waals surface area contributed by atoms with Crippen LogP contribution in [0.4, 0.5) is 14.5 Å². The lowest BCUT2D eigenvalue weighted by atomic mass is 10.1. The van der Waals surface area contributed by atoms with Crippen molar-refractivity contribution in [2.75, 3.05) is 5.32 Å². The first kappa shape index (κ1) is 19.0. The Morgan fingerprint density at radius 2 is 1.37 bits per heavy atom. The van der Waals surface area contributed by atoms with Crippen molar-refractivity contribution in [1.29, 1.82) is 0 Å². The van der Waals surface area contributed by atoms with Gasteiger partial charge in [0.15, 0.2) is 0 Å². The molecule has 3 rings (SSSR count). The van der Waals surface area contributed by atoms with Gasteiger partial charge in [0.05, 0.1) is 0 Å². The second-order valence-corrected chi connectivity index (χ2v) is 6.79. The zero-order chi connectivity index (χ0) is 19.2. The number of para-hydroxylation sites is 1. The second kappa shape index (κ2) is 8.75. The van der Waals surface area contributed by atoms with Gasteiger partial charge in [-0.2, -0.15) is 0 Å². The number of anilines is 1. The summed E-state index contributed by atoms with van der Waals surface area (Å²) < 4.78 is 27.4. The topological polar surface area (TPSA) is 58.2 Å². The molecule has 142 valence electrons. The van der Waals surface area contributed by atoms with Crippen LogP contribution < -0.4 is 10.6 Å². The van der Waals surface area contributed by atoms with Crippen LogP contribution >= 0.6 is 0 Å². The van der Waals surface area contributed by atoms with E-state index in [-0.39, 0.29) is 17.5 Å². The van der Waals surface area contributed by atoms with Gasteiger partial charge < -0.3 is 10.6 Å². The van der Waals surface area contributed by atoms with Gasteiger partial charge in [-0.25, -0.2) is 8.78 Å². The van der Waals surface area contributed by atoms with E-state index in [0.29, 0.717) is 5.56 Å². The maximum Gasteiger partial charge on any atom is 0.255 e. The van der Waals surface area contributed by atoms with Gasteiger partial charge in [0.1, 0.15) is 17.3 Å². The molecule has 1 saturated carbocycles. The van der Waals surface area contributed by atoms with Gasteiger partial charge in [-0.1, -0.05) is 37.8 Å². The minimum atomic E-state index is -0.856. The number of rotatable bonds is 4. The molecule has 0 aliphatic heterocycles. The number of amides is 2. The smallest absolute Gasteiger partial charge is 0.255 e. The van der Waals surface area contributed by atoms with Crippen LogP contribution in [0.15, 0.2) is 42.5 Å². The van der Waals surface area contributed by atoms with Gasteiger partial charge in [-0.3, -0.25) is 9.59 Å². The monoisotopic (exact) mass is 372 g/mol. The second-order valence-electron chi connectivity index (χ2n) is 6.79. The highest BCUT2D eigenvalue weighted by atomic mass is 19.1. The summed E-state index contributed by atoms with van der Waals surface area (Å²) in [6.45, 7) is 0. The molecule has 0 atom stereocenters. The van der Waals surface area contributed by atoms with Crippen LogP contribution in [0, 0.1) is 11.6 Å². The Morgan fingerprint density at radius 3 is 2.00 bits per heavy atom. The summed E-state index contributed by atoms with van der Waals surface area (Å²) in [5.74, 6) is -2.63. The Kier molecular flexibility index (Phi) is 6.16. The van der Waals surface area contributed by atoms with Crippen LogP contribution in [0.2, 0.25) is 0 Å². The molecule has 0 radical (unpaired) electrons. The summed E-state index contributed by atoms with van der Waals surface area (Å²) in [6.07, 6.45) is 6.49. The summed E-state index contributed by atoms with van der Waals surface area (Å²) in [7, 11) is 0. The third kappa shape index (κ3) is 4.90. The average Bonchev–Trinajstić information content (AvgIpc) is 2.93. The largest absolute Gasteiger partial charge is 0.349 e. The summed E-state index contributed by atoms with van der Waals surface area (Å²) in [5.41, 5.74) is 0.00267. The lowest BCUT2D eigenvalue weighted by Crippen LogP contribution is -2.34. The van der Waals surface area contributed by atoms with Crippen LogP contribution in [0.3, 0.4) is 0 Å². The molecule has 0 heterocycles. The fourth-order valence-electron chi connectivity index (χ4n) is 3.30. The summed E-state index contributed by atoms with van der Waals surface area (Å²) in [5, 5.41) is 5.25. The first-order valence-corrected chi connectivity index (χ1v) is 9.21. The minimum Gasteiger partial charge on any atom is -0.349 e. The van der Waals surface area contributed by atoms with Crippen molar-refractivity contribution < 1.29 is 18.4 Å². The Morgan fingerprint density at radius 1 is 0.815 bits per heavy atom. The van der Waals surface area contributed by atoms with E-state index in [1.165, 1.54) is 31.0 Å². The molecular weight excluding hydrogens is 350 g/mol. The van der Waals surface area contributed by atoms with Gasteiger partial charge in [0, 0.05) is 17.2 Å². The zero-order valence-electron chi connectivity index (χ0n) is 14.9. The highest BCUT2D eigenvalue weighted by Crippen LogP contribution is 2.20. The molecule has 2 aromatic carbocycles. The molecule has 0 unspecified atom stereocenters. The van der Waals surface area contributed by atoms with Gasteiger partial charge >= 0.3 is 0 Å². The zero-order valence-corrected chi connectivity index (χ0v) is 14.9. The number of benzene rings is 2. The normalized spacial score (nSPS) is 15.0. The lowest BCUT2D eigenvalue weighted by Gasteiger charge is -2.16. The molecule has 1 fully saturated rings. The highest BCUT2D eigenvalue weighted by molar-refractivity contribution is 6.06. The molecule has 0 bridgehead atoms. The summed E-state index contributed by atoms with van der Waals surface area (Å²) in [6, 6.07) is 9.62. The molecule has 4 nitrogen and oxygen atoms in total. The Labute approximate surface area is 157 Å². The van der Waals surface area contributed by atoms with E-state index in [1.807, 2.05) is 0 Å². The number of halogens is 2. The van der Waals surface area contributed by atoms with E-state index in [1.54, 1.807) is 12.1 Å². The third-order valence-corrected chi connectivity index (χ3v) is 4.78. The van der Waals surface area contributed by atoms with E-state index in [2.05, 4.69) is 10.6 Å². The van der Waals surface area contributed by atoms with E-state index in [9.17, 15) is 18.4 Å². The van der Waals surface area contributed by atoms with E-state index < -0.39 is 23.2 Å². The number of hydrogen-bond acceptors (Lipinski definition) is 2. The van der Waals surface area contributed by atoms with Gasteiger partial charge in [0.25, 0.3) is 11.8 Å². The Hall–Kier alpha value is -2.76. The third-order valence-electron chi connectivity index (χ3n) is 4.78. The van der Waals surface area contributed by atoms with Crippen LogP contribution in [-0.4, -0.2) is 17.9 Å². The summed E-state index contributed by atoms with van der Waals surface area (Å²) >= 11 is 0. The molecular formula is C21H22F2N2O2. The number of carbonyl (C=O) groups excluding carboxylic acids is 2. The van der Waals surface area contributed by atoms with Crippen molar-refractivity contribution in [3.8, 4) is 0 Å². The molecule has 1 aliphatic rings. The number of nitrogens with one attached hydrogen (secondary N) is 2. The van der Waals surface area contributed by atoms with Crippen LogP contribution in [-0.2, 0) is 0 Å². The van der Waals surface area contributed by atoms with Gasteiger partial charge in [-0.15, -0.1) is 0 Å². The number of hydrogen-bond donors (Lipinski definition) is 2. The minimum absolute atomic E-state index is 0.144. The van der Waals surface area contributed by atoms with Crippen LogP contribution in [0.5, 0.6) is 0 Å². The molecule has 6 heteroatoms. The molecule has 0 aromatic heterocycles. The first-order chi connectivity index (χ1) is 13.0. The predicted molar refractivity (Wildman–Crippen MR) is 99.7 cm³/mol. The highest BCUT2D eigenvalue weighted by Gasteiger charge is 2.18. The van der Waals surface area contributed by atoms with Gasteiger partial charge in [-0.05, 0) is 43.2 Å².